The molecule has 7 nitrogen and oxygen atoms in total. The van der Waals surface area contributed by atoms with Gasteiger partial charge in [0.1, 0.15) is 0 Å². The Bertz CT molecular complexity index is 1100. The maximum absolute atomic E-state index is 12.4. The van der Waals surface area contributed by atoms with Gasteiger partial charge in [0.2, 0.25) is 0 Å². The van der Waals surface area contributed by atoms with Gasteiger partial charge in [-0.3, -0.25) is 19.5 Å². The Kier molecular flexibility index (Phi) is 7.60. The number of ketones is 1. The van der Waals surface area contributed by atoms with Crippen molar-refractivity contribution in [1.82, 2.24) is 4.57 Å². The average Bonchev–Trinajstić information content (AvgIpc) is 3.02. The molecule has 0 aliphatic heterocycles. The third-order valence-corrected chi connectivity index (χ3v) is 4.70. The van der Waals surface area contributed by atoms with Gasteiger partial charge in [0.15, 0.2) is 5.75 Å². The van der Waals surface area contributed by atoms with Crippen LogP contribution in [-0.4, -0.2) is 29.3 Å². The third-order valence-electron chi connectivity index (χ3n) is 4.46. The first kappa shape index (κ1) is 23.0. The van der Waals surface area contributed by atoms with Gasteiger partial charge in [-0.05, 0) is 36.2 Å². The number of amides is 1. The maximum atomic E-state index is 12.4. The molecule has 0 unspecified atom stereocenters. The zero-order valence-electron chi connectivity index (χ0n) is 16.9. The van der Waals surface area contributed by atoms with Crippen LogP contribution < -0.4 is 5.73 Å². The van der Waals surface area contributed by atoms with Crippen LogP contribution in [0, 0.1) is 0 Å². The van der Waals surface area contributed by atoms with Gasteiger partial charge in [-0.25, -0.2) is 0 Å². The zero-order valence-corrected chi connectivity index (χ0v) is 17.7. The lowest BCUT2D eigenvalue weighted by atomic mass is 10.0. The summed E-state index contributed by atoms with van der Waals surface area (Å²) in [7, 11) is 1.35. The Morgan fingerprint density at radius 2 is 1.77 bits per heavy atom. The predicted molar refractivity (Wildman–Crippen MR) is 113 cm³/mol. The summed E-state index contributed by atoms with van der Waals surface area (Å²) < 4.78 is 5.98. The molecule has 0 fully saturated rings. The van der Waals surface area contributed by atoms with E-state index in [1.807, 2.05) is 29.7 Å². The minimum Gasteiger partial charge on any atom is -0.469 e. The summed E-state index contributed by atoms with van der Waals surface area (Å²) in [6.07, 6.45) is 0.475. The molecule has 30 heavy (non-hydrogen) atoms. The van der Waals surface area contributed by atoms with Crippen molar-refractivity contribution in [3.05, 3.63) is 64.3 Å². The number of nitrogens with zero attached hydrogens (tertiary/aromatic N) is 1. The van der Waals surface area contributed by atoms with E-state index in [2.05, 4.69) is 4.74 Å². The lowest BCUT2D eigenvalue weighted by Gasteiger charge is -2.11. The van der Waals surface area contributed by atoms with Crippen LogP contribution in [0.1, 0.15) is 35.5 Å². The molecule has 2 aromatic carbocycles. The Labute approximate surface area is 179 Å². The fourth-order valence-electron chi connectivity index (χ4n) is 3.15. The highest BCUT2D eigenvalue weighted by atomic mass is 35.5. The summed E-state index contributed by atoms with van der Waals surface area (Å²) in [6, 6.07) is 12.1. The molecule has 2 N–H and O–H groups in total. The lowest BCUT2D eigenvalue weighted by molar-refractivity contribution is -0.137. The van der Waals surface area contributed by atoms with Gasteiger partial charge in [0.25, 0.3) is 11.7 Å². The number of methoxy groups -OCH3 is 1. The molecule has 157 valence electrons. The third kappa shape index (κ3) is 4.99. The Morgan fingerprint density at radius 1 is 1.13 bits per heavy atom. The monoisotopic (exact) mass is 429 g/mol. The van der Waals surface area contributed by atoms with Gasteiger partial charge < -0.3 is 15.0 Å². The predicted octanol–water partition coefficient (Wildman–Crippen LogP) is 3.90. The number of nitrogens with two attached hydrogens (primary N) is 1. The summed E-state index contributed by atoms with van der Waals surface area (Å²) in [6.45, 7) is 3.65. The summed E-state index contributed by atoms with van der Waals surface area (Å²) in [5, 5.41) is 13.2. The van der Waals surface area contributed by atoms with Gasteiger partial charge in [0, 0.05) is 24.2 Å². The number of hydrogen-bond acceptors (Lipinski definition) is 4. The zero-order chi connectivity index (χ0) is 22.4. The highest BCUT2D eigenvalue weighted by Crippen LogP contribution is 2.34. The fraction of sp³-hybridized carbons (Fsp3) is 0.227. The Balaban J connectivity index is 0.000000575. The molecule has 0 saturated carbocycles. The Hall–Kier alpha value is -3.32. The number of halogens is 1. The van der Waals surface area contributed by atoms with E-state index in [4.69, 9.17) is 17.3 Å². The number of esters is 1. The van der Waals surface area contributed by atoms with Crippen LogP contribution in [0.15, 0.2) is 42.5 Å². The second-order valence-electron chi connectivity index (χ2n) is 6.43. The van der Waals surface area contributed by atoms with Crippen molar-refractivity contribution >= 4 is 40.2 Å². The topological polar surface area (TPSA) is 111 Å². The second-order valence-corrected chi connectivity index (χ2v) is 6.87. The minimum atomic E-state index is -1.07. The van der Waals surface area contributed by atoms with Crippen molar-refractivity contribution in [2.45, 2.75) is 26.8 Å². The Morgan fingerprint density at radius 3 is 2.30 bits per heavy atom. The molecule has 0 saturated heterocycles. The van der Waals surface area contributed by atoms with Crippen molar-refractivity contribution in [2.75, 3.05) is 7.11 Å². The van der Waals surface area contributed by atoms with Gasteiger partial charge in [-0.1, -0.05) is 36.7 Å². The molecule has 0 aliphatic rings. The first-order chi connectivity index (χ1) is 14.2. The number of hydrogen-bond donors (Lipinski definition) is 1. The van der Waals surface area contributed by atoms with Crippen molar-refractivity contribution in [3.8, 4) is 5.75 Å². The van der Waals surface area contributed by atoms with E-state index < -0.39 is 11.7 Å². The summed E-state index contributed by atoms with van der Waals surface area (Å²) >= 11 is 6.05. The molecule has 1 aromatic heterocycles. The van der Waals surface area contributed by atoms with Crippen molar-refractivity contribution in [1.29, 1.82) is 0 Å². The minimum absolute atomic E-state index is 0.109. The van der Waals surface area contributed by atoms with Gasteiger partial charge in [-0.15, -0.1) is 0 Å². The van der Waals surface area contributed by atoms with Crippen LogP contribution in [0.25, 0.3) is 10.9 Å². The van der Waals surface area contributed by atoms with E-state index in [0.29, 0.717) is 29.2 Å². The van der Waals surface area contributed by atoms with E-state index in [1.54, 1.807) is 18.2 Å². The summed E-state index contributed by atoms with van der Waals surface area (Å²) in [5.74, 6) is -2.46. The van der Waals surface area contributed by atoms with E-state index >= 15 is 0 Å². The molecular weight excluding hydrogens is 408 g/mol. The average molecular weight is 430 g/mol. The molecule has 0 atom stereocenters. The van der Waals surface area contributed by atoms with Crippen LogP contribution in [0.5, 0.6) is 5.75 Å². The van der Waals surface area contributed by atoms with Gasteiger partial charge >= 0.3 is 5.97 Å². The SMILES string of the molecule is CCc1c(C(=O)C(N)=O)c2c([O])cccc2n1Cc1cccc(Cl)c1.COC(C)=O. The number of carbonyl (C=O) groups is 3. The number of fused-ring (bicyclic) bond motifs is 1. The van der Waals surface area contributed by atoms with Gasteiger partial charge in [0.05, 0.1) is 23.6 Å². The normalized spacial score (nSPS) is 10.3. The second kappa shape index (κ2) is 9.93. The molecule has 1 radical (unpaired) electrons. The number of carbonyl (C=O) groups excluding carboxylic acids is 3. The quantitative estimate of drug-likeness (QED) is 0.376. The van der Waals surface area contributed by atoms with E-state index in [-0.39, 0.29) is 22.7 Å². The summed E-state index contributed by atoms with van der Waals surface area (Å²) in [4.78, 5) is 33.4. The van der Waals surface area contributed by atoms with Gasteiger partial charge in [-0.2, -0.15) is 0 Å². The fourth-order valence-corrected chi connectivity index (χ4v) is 3.37. The molecule has 1 heterocycles. The standard InChI is InChI=1S/C19H16ClN2O3.C3H6O2/c1-2-13-17(18(24)19(21)25)16-14(7-4-8-15(16)23)22(13)10-11-5-3-6-12(20)9-11;1-3(4)5-2/h3-9H,2,10H2,1H3,(H2,21,25);1-2H3. The first-order valence-corrected chi connectivity index (χ1v) is 9.53. The molecular formula is C22H22ClN2O5. The number of rotatable bonds is 5. The van der Waals surface area contributed by atoms with Crippen LogP contribution in [0.4, 0.5) is 0 Å². The molecule has 0 spiro atoms. The van der Waals surface area contributed by atoms with Crippen LogP contribution in [0.3, 0.4) is 0 Å². The van der Waals surface area contributed by atoms with Crippen molar-refractivity contribution < 1.29 is 24.2 Å². The highest BCUT2D eigenvalue weighted by molar-refractivity contribution is 6.45. The molecule has 3 aromatic rings. The lowest BCUT2D eigenvalue weighted by Crippen LogP contribution is -2.24. The largest absolute Gasteiger partial charge is 0.469 e. The number of aromatic nitrogens is 1. The number of ether oxygens (including phenoxy) is 1. The van der Waals surface area contributed by atoms with Crippen LogP contribution in [-0.2, 0) is 32.4 Å². The molecule has 1 amide bonds. The van der Waals surface area contributed by atoms with E-state index in [0.717, 1.165) is 5.56 Å². The van der Waals surface area contributed by atoms with Crippen molar-refractivity contribution in [2.24, 2.45) is 5.73 Å². The first-order valence-electron chi connectivity index (χ1n) is 9.15. The van der Waals surface area contributed by atoms with E-state index in [1.165, 1.54) is 20.1 Å². The molecule has 0 aliphatic carbocycles. The smallest absolute Gasteiger partial charge is 0.302 e. The van der Waals surface area contributed by atoms with E-state index in [9.17, 15) is 19.5 Å². The highest BCUT2D eigenvalue weighted by Gasteiger charge is 2.27. The number of primary amides is 1. The van der Waals surface area contributed by atoms with Crippen LogP contribution in [0.2, 0.25) is 5.02 Å². The molecule has 3 rings (SSSR count). The molecule has 8 heteroatoms. The number of Topliss-reactive ketones (excluding diaryl/α,β-unsaturated/α-hetero) is 1. The van der Waals surface area contributed by atoms with Crippen LogP contribution >= 0.6 is 11.6 Å². The number of benzene rings is 2. The molecule has 0 bridgehead atoms. The van der Waals surface area contributed by atoms with Crippen molar-refractivity contribution in [3.63, 3.8) is 0 Å². The summed E-state index contributed by atoms with van der Waals surface area (Å²) in [5.41, 5.74) is 7.45. The maximum Gasteiger partial charge on any atom is 0.302 e.